The second kappa shape index (κ2) is 9.28. The zero-order valence-corrected chi connectivity index (χ0v) is 12.5. The summed E-state index contributed by atoms with van der Waals surface area (Å²) in [6, 6.07) is 0. The van der Waals surface area contributed by atoms with Crippen LogP contribution in [0.1, 0.15) is 34.1 Å². The molecule has 0 aromatic heterocycles. The molecule has 0 amide bonds. The van der Waals surface area contributed by atoms with E-state index in [-0.39, 0.29) is 19.1 Å². The van der Waals surface area contributed by atoms with Gasteiger partial charge >= 0.3 is 11.9 Å². The normalized spacial score (nSPS) is 12.3. The van der Waals surface area contributed by atoms with Crippen LogP contribution in [0.4, 0.5) is 0 Å². The molecule has 116 valence electrons. The fourth-order valence-corrected chi connectivity index (χ4v) is 2.06. The van der Waals surface area contributed by atoms with E-state index in [1.165, 1.54) is 0 Å². The van der Waals surface area contributed by atoms with Gasteiger partial charge in [-0.25, -0.2) is 0 Å². The Kier molecular flexibility index (Phi) is 8.51. The van der Waals surface area contributed by atoms with Crippen molar-refractivity contribution in [2.75, 3.05) is 19.8 Å². The molecule has 0 bridgehead atoms. The smallest absolute Gasteiger partial charge is 0.320 e. The van der Waals surface area contributed by atoms with E-state index in [1.807, 2.05) is 13.8 Å². The number of hydrogen-bond donors (Lipinski definition) is 0. The average molecular weight is 289 g/mol. The van der Waals surface area contributed by atoms with Crippen LogP contribution in [0.25, 0.3) is 0 Å². The summed E-state index contributed by atoms with van der Waals surface area (Å²) in [6.45, 7) is 6.75. The molecule has 7 heteroatoms. The maximum Gasteiger partial charge on any atom is 0.320 e. The lowest BCUT2D eigenvalue weighted by molar-refractivity contribution is -0.489. The molecule has 0 aliphatic rings. The van der Waals surface area contributed by atoms with E-state index < -0.39 is 35.2 Å². The number of ether oxygens (including phenoxy) is 2. The molecular formula is C13H23NO6. The van der Waals surface area contributed by atoms with Gasteiger partial charge in [0.1, 0.15) is 0 Å². The molecule has 0 rings (SSSR count). The first-order chi connectivity index (χ1) is 9.33. The molecule has 0 radical (unpaired) electrons. The van der Waals surface area contributed by atoms with Crippen molar-refractivity contribution in [1.29, 1.82) is 0 Å². The largest absolute Gasteiger partial charge is 0.465 e. The maximum atomic E-state index is 11.9. The molecule has 0 aromatic carbocycles. The molecule has 0 aliphatic heterocycles. The summed E-state index contributed by atoms with van der Waals surface area (Å²) in [5, 5.41) is 10.8. The van der Waals surface area contributed by atoms with Crippen LogP contribution in [-0.4, -0.2) is 36.6 Å². The lowest BCUT2D eigenvalue weighted by Crippen LogP contribution is -2.38. The molecule has 0 aliphatic carbocycles. The van der Waals surface area contributed by atoms with Gasteiger partial charge in [-0.05, 0) is 26.2 Å². The summed E-state index contributed by atoms with van der Waals surface area (Å²) in [4.78, 5) is 34.1. The van der Waals surface area contributed by atoms with Gasteiger partial charge in [-0.1, -0.05) is 13.8 Å². The van der Waals surface area contributed by atoms with Crippen LogP contribution in [-0.2, 0) is 19.1 Å². The van der Waals surface area contributed by atoms with Gasteiger partial charge in [0, 0.05) is 10.8 Å². The first kappa shape index (κ1) is 18.3. The summed E-state index contributed by atoms with van der Waals surface area (Å²) >= 11 is 0. The number of nitro groups is 1. The number of nitrogens with zero attached hydrogens (tertiary/aromatic N) is 1. The van der Waals surface area contributed by atoms with Crippen molar-refractivity contribution in [2.24, 2.45) is 17.8 Å². The van der Waals surface area contributed by atoms with Crippen LogP contribution in [0, 0.1) is 27.9 Å². The van der Waals surface area contributed by atoms with E-state index >= 15 is 0 Å². The second-order valence-electron chi connectivity index (χ2n) is 4.89. The Labute approximate surface area is 118 Å². The van der Waals surface area contributed by atoms with Crippen LogP contribution in [0.2, 0.25) is 0 Å². The minimum absolute atomic E-state index is 0.113. The van der Waals surface area contributed by atoms with Gasteiger partial charge in [-0.3, -0.25) is 19.7 Å². The zero-order chi connectivity index (χ0) is 15.7. The highest BCUT2D eigenvalue weighted by molar-refractivity contribution is 5.95. The summed E-state index contributed by atoms with van der Waals surface area (Å²) in [5.74, 6) is -3.34. The van der Waals surface area contributed by atoms with Crippen molar-refractivity contribution in [3.63, 3.8) is 0 Å². The van der Waals surface area contributed by atoms with Gasteiger partial charge in [-0.2, -0.15) is 0 Å². The van der Waals surface area contributed by atoms with Crippen LogP contribution >= 0.6 is 0 Å². The Morgan fingerprint density at radius 3 is 1.85 bits per heavy atom. The number of carbonyl (C=O) groups excluding carboxylic acids is 2. The van der Waals surface area contributed by atoms with Crippen molar-refractivity contribution in [1.82, 2.24) is 0 Å². The molecule has 20 heavy (non-hydrogen) atoms. The molecule has 7 nitrogen and oxygen atoms in total. The van der Waals surface area contributed by atoms with E-state index in [0.717, 1.165) is 0 Å². The van der Waals surface area contributed by atoms with E-state index in [0.29, 0.717) is 6.42 Å². The van der Waals surface area contributed by atoms with Crippen molar-refractivity contribution >= 4 is 11.9 Å². The first-order valence-electron chi connectivity index (χ1n) is 6.78. The third-order valence-corrected chi connectivity index (χ3v) is 2.71. The second-order valence-corrected chi connectivity index (χ2v) is 4.89. The van der Waals surface area contributed by atoms with Crippen molar-refractivity contribution in [3.05, 3.63) is 10.1 Å². The standard InChI is InChI=1S/C13H23NO6/c1-5-19-12(15)11(13(16)20-6-2)10(7-9(3)4)8-14(17)18/h9-11H,5-8H2,1-4H3. The molecule has 0 fully saturated rings. The van der Waals surface area contributed by atoms with E-state index in [1.54, 1.807) is 13.8 Å². The predicted octanol–water partition coefficient (Wildman–Crippen LogP) is 1.67. The van der Waals surface area contributed by atoms with Gasteiger partial charge in [0.05, 0.1) is 13.2 Å². The summed E-state index contributed by atoms with van der Waals surface area (Å²) in [6.07, 6.45) is 0.378. The molecule has 0 heterocycles. The predicted molar refractivity (Wildman–Crippen MR) is 71.6 cm³/mol. The molecule has 1 unspecified atom stereocenters. The Morgan fingerprint density at radius 1 is 1.10 bits per heavy atom. The van der Waals surface area contributed by atoms with Crippen LogP contribution in [0.15, 0.2) is 0 Å². The van der Waals surface area contributed by atoms with E-state index in [2.05, 4.69) is 0 Å². The molecule has 0 aromatic rings. The van der Waals surface area contributed by atoms with E-state index in [9.17, 15) is 19.7 Å². The van der Waals surface area contributed by atoms with E-state index in [4.69, 9.17) is 9.47 Å². The molecule has 0 saturated carbocycles. The molecule has 0 N–H and O–H groups in total. The third kappa shape index (κ3) is 6.49. The zero-order valence-electron chi connectivity index (χ0n) is 12.5. The van der Waals surface area contributed by atoms with Gasteiger partial charge in [0.15, 0.2) is 5.92 Å². The SMILES string of the molecule is CCOC(=O)C(C(=O)OCC)C(CC(C)C)C[N+](=O)[O-]. The lowest BCUT2D eigenvalue weighted by atomic mass is 9.85. The summed E-state index contributed by atoms with van der Waals surface area (Å²) < 4.78 is 9.71. The fraction of sp³-hybridized carbons (Fsp3) is 0.846. The van der Waals surface area contributed by atoms with Crippen molar-refractivity contribution < 1.29 is 24.0 Å². The highest BCUT2D eigenvalue weighted by atomic mass is 16.6. The number of carbonyl (C=O) groups is 2. The first-order valence-corrected chi connectivity index (χ1v) is 6.78. The minimum Gasteiger partial charge on any atom is -0.465 e. The molecule has 0 saturated heterocycles. The van der Waals surface area contributed by atoms with Gasteiger partial charge < -0.3 is 9.47 Å². The van der Waals surface area contributed by atoms with Crippen molar-refractivity contribution in [2.45, 2.75) is 34.1 Å². The Balaban J connectivity index is 5.20. The Bertz CT molecular complexity index is 324. The van der Waals surface area contributed by atoms with Gasteiger partial charge in [0.2, 0.25) is 6.54 Å². The summed E-state index contributed by atoms with van der Waals surface area (Å²) in [5.41, 5.74) is 0. The topological polar surface area (TPSA) is 95.7 Å². The Hall–Kier alpha value is -1.66. The van der Waals surface area contributed by atoms with Crippen LogP contribution in [0.5, 0.6) is 0 Å². The Morgan fingerprint density at radius 2 is 1.55 bits per heavy atom. The quantitative estimate of drug-likeness (QED) is 0.277. The maximum absolute atomic E-state index is 11.9. The van der Waals surface area contributed by atoms with Crippen LogP contribution in [0.3, 0.4) is 0 Å². The number of rotatable bonds is 9. The number of esters is 2. The minimum atomic E-state index is -1.23. The fourth-order valence-electron chi connectivity index (χ4n) is 2.06. The van der Waals surface area contributed by atoms with Gasteiger partial charge in [-0.15, -0.1) is 0 Å². The average Bonchev–Trinajstić information content (AvgIpc) is 2.27. The van der Waals surface area contributed by atoms with Crippen molar-refractivity contribution in [3.8, 4) is 0 Å². The molecular weight excluding hydrogens is 266 g/mol. The highest BCUT2D eigenvalue weighted by Gasteiger charge is 2.40. The van der Waals surface area contributed by atoms with Gasteiger partial charge in [0.25, 0.3) is 0 Å². The summed E-state index contributed by atoms with van der Waals surface area (Å²) in [7, 11) is 0. The third-order valence-electron chi connectivity index (χ3n) is 2.71. The molecule has 0 spiro atoms. The van der Waals surface area contributed by atoms with Crippen LogP contribution < -0.4 is 0 Å². The lowest BCUT2D eigenvalue weighted by Gasteiger charge is -2.22. The number of hydrogen-bond acceptors (Lipinski definition) is 6. The monoisotopic (exact) mass is 289 g/mol. The molecule has 1 atom stereocenters. The highest BCUT2D eigenvalue weighted by Crippen LogP contribution is 2.24.